The average molecular weight is 351 g/mol. The van der Waals surface area contributed by atoms with Gasteiger partial charge in [0, 0.05) is 12.0 Å². The fourth-order valence-electron chi connectivity index (χ4n) is 1.82. The molecule has 0 amide bonds. The van der Waals surface area contributed by atoms with Crippen molar-refractivity contribution >= 4 is 27.5 Å². The highest BCUT2D eigenvalue weighted by Crippen LogP contribution is 2.28. The monoisotopic (exact) mass is 349 g/mol. The topological polar surface area (TPSA) is 25.2 Å². The minimum absolute atomic E-state index is 0.00116. The molecule has 2 aromatic rings. The molecule has 2 nitrogen and oxygen atoms in total. The summed E-state index contributed by atoms with van der Waals surface area (Å²) >= 11 is 8.75. The van der Waals surface area contributed by atoms with Crippen LogP contribution in [0.4, 0.5) is 8.78 Å². The van der Waals surface area contributed by atoms with Crippen LogP contribution in [0, 0.1) is 11.6 Å². The molecule has 0 bridgehead atoms. The second-order valence-corrected chi connectivity index (χ2v) is 5.24. The summed E-state index contributed by atoms with van der Waals surface area (Å²) in [7, 11) is 1.69. The molecule has 0 aliphatic heterocycles. The van der Waals surface area contributed by atoms with Crippen LogP contribution in [0.1, 0.15) is 17.4 Å². The Morgan fingerprint density at radius 3 is 2.63 bits per heavy atom. The molecule has 102 valence electrons. The van der Waals surface area contributed by atoms with Crippen molar-refractivity contribution in [3.63, 3.8) is 0 Å². The first kappa shape index (κ1) is 14.5. The normalized spacial score (nSPS) is 12.7. The molecule has 1 heterocycles. The van der Waals surface area contributed by atoms with Gasteiger partial charge < -0.3 is 9.73 Å². The highest BCUT2D eigenvalue weighted by molar-refractivity contribution is 9.10. The van der Waals surface area contributed by atoms with E-state index in [1.807, 2.05) is 0 Å². The van der Waals surface area contributed by atoms with Gasteiger partial charge in [-0.15, -0.1) is 0 Å². The number of nitrogens with one attached hydrogen (secondary N) is 1. The summed E-state index contributed by atoms with van der Waals surface area (Å²) in [5.41, 5.74) is 0.00116. The molecule has 0 aliphatic carbocycles. The van der Waals surface area contributed by atoms with Crippen LogP contribution in [0.2, 0.25) is 5.22 Å². The van der Waals surface area contributed by atoms with Gasteiger partial charge in [0.15, 0.2) is 5.22 Å². The van der Waals surface area contributed by atoms with Crippen molar-refractivity contribution in [3.8, 4) is 0 Å². The van der Waals surface area contributed by atoms with Crippen molar-refractivity contribution in [3.05, 3.63) is 56.9 Å². The molecule has 0 radical (unpaired) electrons. The summed E-state index contributed by atoms with van der Waals surface area (Å²) in [6, 6.07) is 5.48. The third-order valence-electron chi connectivity index (χ3n) is 2.83. The van der Waals surface area contributed by atoms with Crippen molar-refractivity contribution in [1.29, 1.82) is 0 Å². The van der Waals surface area contributed by atoms with Crippen LogP contribution in [-0.4, -0.2) is 7.05 Å². The van der Waals surface area contributed by atoms with Gasteiger partial charge in [0.1, 0.15) is 17.4 Å². The van der Waals surface area contributed by atoms with E-state index in [1.54, 1.807) is 19.2 Å². The quantitative estimate of drug-likeness (QED) is 0.823. The Bertz CT molecular complexity index is 588. The third kappa shape index (κ3) is 3.16. The molecule has 1 N–H and O–H groups in total. The summed E-state index contributed by atoms with van der Waals surface area (Å²) in [5.74, 6) is -0.650. The lowest BCUT2D eigenvalue weighted by atomic mass is 10.0. The first-order valence-electron chi connectivity index (χ1n) is 5.57. The summed E-state index contributed by atoms with van der Waals surface area (Å²) in [6.45, 7) is 0. The number of hydrogen-bond acceptors (Lipinski definition) is 2. The van der Waals surface area contributed by atoms with Gasteiger partial charge in [0.05, 0.1) is 10.5 Å². The van der Waals surface area contributed by atoms with E-state index >= 15 is 0 Å². The Labute approximate surface area is 122 Å². The van der Waals surface area contributed by atoms with Gasteiger partial charge >= 0.3 is 0 Å². The number of hydrogen-bond donors (Lipinski definition) is 1. The highest BCUT2D eigenvalue weighted by atomic mass is 79.9. The van der Waals surface area contributed by atoms with E-state index in [0.717, 1.165) is 0 Å². The molecule has 0 saturated carbocycles. The van der Waals surface area contributed by atoms with Crippen molar-refractivity contribution in [2.75, 3.05) is 7.05 Å². The van der Waals surface area contributed by atoms with E-state index in [2.05, 4.69) is 21.2 Å². The molecule has 0 saturated heterocycles. The van der Waals surface area contributed by atoms with Gasteiger partial charge in [-0.3, -0.25) is 0 Å². The fourth-order valence-corrected chi connectivity index (χ4v) is 2.34. The Kier molecular flexibility index (Phi) is 4.60. The van der Waals surface area contributed by atoms with E-state index < -0.39 is 11.6 Å². The van der Waals surface area contributed by atoms with Crippen LogP contribution in [0.5, 0.6) is 0 Å². The first-order chi connectivity index (χ1) is 9.02. The molecule has 1 atom stereocenters. The van der Waals surface area contributed by atoms with Gasteiger partial charge in [0.25, 0.3) is 0 Å². The predicted octanol–water partition coefficient (Wildman–Crippen LogP) is 4.48. The lowest BCUT2D eigenvalue weighted by molar-refractivity contribution is 0.420. The van der Waals surface area contributed by atoms with E-state index in [-0.39, 0.29) is 27.7 Å². The molecule has 0 fully saturated rings. The maximum absolute atomic E-state index is 13.9. The molecule has 1 aromatic heterocycles. The number of benzene rings is 1. The third-order valence-corrected chi connectivity index (χ3v) is 3.65. The summed E-state index contributed by atoms with van der Waals surface area (Å²) in [4.78, 5) is 0. The van der Waals surface area contributed by atoms with E-state index in [4.69, 9.17) is 16.0 Å². The predicted molar refractivity (Wildman–Crippen MR) is 73.3 cm³/mol. The summed E-state index contributed by atoms with van der Waals surface area (Å²) in [6.07, 6.45) is 0.122. The van der Waals surface area contributed by atoms with Gasteiger partial charge in [-0.2, -0.15) is 0 Å². The zero-order valence-electron chi connectivity index (χ0n) is 10.0. The maximum Gasteiger partial charge on any atom is 0.193 e. The minimum Gasteiger partial charge on any atom is -0.448 e. The Morgan fingerprint density at radius 1 is 1.32 bits per heavy atom. The SMILES string of the molecule is CNC(Cc1c(F)ccc(Br)c1F)c1ccc(Cl)o1. The van der Waals surface area contributed by atoms with E-state index in [9.17, 15) is 8.78 Å². The fraction of sp³-hybridized carbons (Fsp3) is 0.231. The van der Waals surface area contributed by atoms with Crippen LogP contribution in [-0.2, 0) is 6.42 Å². The lowest BCUT2D eigenvalue weighted by Crippen LogP contribution is -2.19. The standard InChI is InChI=1S/C13H11BrClF2NO/c1-18-10(11-4-5-12(15)19-11)6-7-9(16)3-2-8(14)13(7)17/h2-5,10,18H,6H2,1H3. The molecular formula is C13H11BrClF2NO. The van der Waals surface area contributed by atoms with Gasteiger partial charge in [0.2, 0.25) is 0 Å². The Morgan fingerprint density at radius 2 is 2.05 bits per heavy atom. The number of halogens is 4. The van der Waals surface area contributed by atoms with Crippen LogP contribution in [0.15, 0.2) is 33.2 Å². The zero-order chi connectivity index (χ0) is 14.0. The highest BCUT2D eigenvalue weighted by Gasteiger charge is 2.20. The van der Waals surface area contributed by atoms with Gasteiger partial charge in [-0.05, 0) is 58.8 Å². The molecule has 1 unspecified atom stereocenters. The molecular weight excluding hydrogens is 340 g/mol. The molecule has 0 aliphatic rings. The maximum atomic E-state index is 13.9. The van der Waals surface area contributed by atoms with E-state index in [1.165, 1.54) is 12.1 Å². The molecule has 6 heteroatoms. The van der Waals surface area contributed by atoms with E-state index in [0.29, 0.717) is 5.76 Å². The Hall–Kier alpha value is -0.910. The second-order valence-electron chi connectivity index (χ2n) is 4.01. The zero-order valence-corrected chi connectivity index (χ0v) is 12.4. The smallest absolute Gasteiger partial charge is 0.193 e. The van der Waals surface area contributed by atoms with Crippen LogP contribution >= 0.6 is 27.5 Å². The number of furan rings is 1. The Balaban J connectivity index is 2.31. The van der Waals surface area contributed by atoms with Gasteiger partial charge in [-0.25, -0.2) is 8.78 Å². The summed E-state index contributed by atoms with van der Waals surface area (Å²) < 4.78 is 33.1. The molecule has 0 spiro atoms. The number of rotatable bonds is 4. The largest absolute Gasteiger partial charge is 0.448 e. The second kappa shape index (κ2) is 6.03. The van der Waals surface area contributed by atoms with Gasteiger partial charge in [-0.1, -0.05) is 0 Å². The van der Waals surface area contributed by atoms with Crippen LogP contribution < -0.4 is 5.32 Å². The molecule has 19 heavy (non-hydrogen) atoms. The number of likely N-dealkylation sites (N-methyl/N-ethyl adjacent to an activating group) is 1. The molecule has 1 aromatic carbocycles. The van der Waals surface area contributed by atoms with Crippen molar-refractivity contribution in [1.82, 2.24) is 5.32 Å². The van der Waals surface area contributed by atoms with Crippen molar-refractivity contribution < 1.29 is 13.2 Å². The van der Waals surface area contributed by atoms with Crippen molar-refractivity contribution in [2.45, 2.75) is 12.5 Å². The van der Waals surface area contributed by atoms with Crippen LogP contribution in [0.3, 0.4) is 0 Å². The average Bonchev–Trinajstić information content (AvgIpc) is 2.81. The first-order valence-corrected chi connectivity index (χ1v) is 6.75. The van der Waals surface area contributed by atoms with Crippen molar-refractivity contribution in [2.24, 2.45) is 0 Å². The van der Waals surface area contributed by atoms with Crippen LogP contribution in [0.25, 0.3) is 0 Å². The summed E-state index contributed by atoms with van der Waals surface area (Å²) in [5, 5.41) is 3.19. The lowest BCUT2D eigenvalue weighted by Gasteiger charge is -2.15. The minimum atomic E-state index is -0.599. The molecule has 2 rings (SSSR count).